The van der Waals surface area contributed by atoms with Crippen LogP contribution in [0, 0.1) is 0 Å². The van der Waals surface area contributed by atoms with Gasteiger partial charge in [-0.15, -0.1) is 0 Å². The van der Waals surface area contributed by atoms with Crippen LogP contribution in [0.2, 0.25) is 0 Å². The second-order valence-corrected chi connectivity index (χ2v) is 8.95. The van der Waals surface area contributed by atoms with Crippen LogP contribution >= 0.6 is 0 Å². The van der Waals surface area contributed by atoms with Crippen molar-refractivity contribution in [2.45, 2.75) is 6.92 Å². The van der Waals surface area contributed by atoms with Crippen molar-refractivity contribution in [1.29, 1.82) is 0 Å². The van der Waals surface area contributed by atoms with Crippen LogP contribution < -0.4 is 14.1 Å². The van der Waals surface area contributed by atoms with Crippen molar-refractivity contribution >= 4 is 43.5 Å². The average molecular weight is 398 g/mol. The maximum atomic E-state index is 11.9. The van der Waals surface area contributed by atoms with E-state index < -0.39 is 10.0 Å². The lowest BCUT2D eigenvalue weighted by molar-refractivity contribution is 0.598. The second kappa shape index (κ2) is 7.72. The second-order valence-electron chi connectivity index (χ2n) is 7.05. The van der Waals surface area contributed by atoms with Gasteiger partial charge in [0.25, 0.3) is 0 Å². The van der Waals surface area contributed by atoms with Gasteiger partial charge in [-0.25, -0.2) is 8.42 Å². The van der Waals surface area contributed by atoms with Crippen LogP contribution in [0.3, 0.4) is 0 Å². The number of hydrogen-bond acceptors (Lipinski definition) is 4. The zero-order chi connectivity index (χ0) is 20.5. The lowest BCUT2D eigenvalue weighted by atomic mass is 10.0. The zero-order valence-electron chi connectivity index (χ0n) is 17.0. The van der Waals surface area contributed by atoms with Crippen LogP contribution in [-0.2, 0) is 10.0 Å². The molecule has 6 heteroatoms. The molecule has 3 aromatic carbocycles. The summed E-state index contributed by atoms with van der Waals surface area (Å²) < 4.78 is 25.3. The van der Waals surface area contributed by atoms with E-state index in [9.17, 15) is 8.42 Å². The summed E-state index contributed by atoms with van der Waals surface area (Å²) in [6.07, 6.45) is 1.23. The summed E-state index contributed by atoms with van der Waals surface area (Å²) in [5.74, 6) is 0. The van der Waals surface area contributed by atoms with Crippen molar-refractivity contribution in [3.05, 3.63) is 60.7 Å². The molecule has 3 rings (SSSR count). The Morgan fingerprint density at radius 1 is 0.750 bits per heavy atom. The highest BCUT2D eigenvalue weighted by Crippen LogP contribution is 2.36. The predicted molar refractivity (Wildman–Crippen MR) is 121 cm³/mol. The van der Waals surface area contributed by atoms with Gasteiger partial charge in [0.05, 0.1) is 11.9 Å². The van der Waals surface area contributed by atoms with E-state index in [2.05, 4.69) is 40.1 Å². The molecular formula is C22H27N3O2S. The molecule has 0 aliphatic carbocycles. The van der Waals surface area contributed by atoms with E-state index in [1.54, 1.807) is 0 Å². The monoisotopic (exact) mass is 397 g/mol. The molecule has 0 aliphatic rings. The van der Waals surface area contributed by atoms with Gasteiger partial charge in [0.1, 0.15) is 0 Å². The highest BCUT2D eigenvalue weighted by atomic mass is 32.2. The molecule has 148 valence electrons. The molecule has 0 unspecified atom stereocenters. The lowest BCUT2D eigenvalue weighted by Crippen LogP contribution is -2.29. The largest absolute Gasteiger partial charge is 0.377 e. The third-order valence-corrected chi connectivity index (χ3v) is 6.20. The summed E-state index contributed by atoms with van der Waals surface area (Å²) in [5, 5.41) is 2.37. The molecule has 0 aliphatic heterocycles. The third-order valence-electron chi connectivity index (χ3n) is 4.93. The Labute approximate surface area is 167 Å². The first-order valence-electron chi connectivity index (χ1n) is 9.24. The lowest BCUT2D eigenvalue weighted by Gasteiger charge is -2.25. The van der Waals surface area contributed by atoms with Crippen LogP contribution in [0.25, 0.3) is 10.8 Å². The smallest absolute Gasteiger partial charge is 0.232 e. The molecule has 0 fully saturated rings. The van der Waals surface area contributed by atoms with Crippen molar-refractivity contribution in [3.63, 3.8) is 0 Å². The average Bonchev–Trinajstić information content (AvgIpc) is 2.66. The maximum absolute atomic E-state index is 11.9. The Kier molecular flexibility index (Phi) is 5.52. The molecule has 0 heterocycles. The summed E-state index contributed by atoms with van der Waals surface area (Å²) in [5.41, 5.74) is 3.95. The summed E-state index contributed by atoms with van der Waals surface area (Å²) in [7, 11) is 2.84. The molecule has 0 amide bonds. The van der Waals surface area contributed by atoms with E-state index >= 15 is 0 Å². The van der Waals surface area contributed by atoms with Gasteiger partial charge in [0, 0.05) is 55.5 Å². The van der Waals surface area contributed by atoms with Crippen LogP contribution in [0.15, 0.2) is 60.7 Å². The molecule has 5 nitrogen and oxygen atoms in total. The summed E-state index contributed by atoms with van der Waals surface area (Å²) in [4.78, 5) is 4.24. The van der Waals surface area contributed by atoms with Gasteiger partial charge in [-0.05, 0) is 43.3 Å². The van der Waals surface area contributed by atoms with Gasteiger partial charge in [0.2, 0.25) is 10.0 Å². The highest BCUT2D eigenvalue weighted by Gasteiger charge is 2.16. The number of nitrogens with zero attached hydrogens (tertiary/aromatic N) is 3. The minimum absolute atomic E-state index is 0.407. The van der Waals surface area contributed by atoms with Crippen molar-refractivity contribution in [1.82, 2.24) is 0 Å². The summed E-state index contributed by atoms with van der Waals surface area (Å²) >= 11 is 0. The molecule has 0 N–H and O–H groups in total. The normalized spacial score (nSPS) is 11.5. The highest BCUT2D eigenvalue weighted by molar-refractivity contribution is 7.92. The number of sulfonamides is 1. The van der Waals surface area contributed by atoms with Gasteiger partial charge in [-0.1, -0.05) is 24.3 Å². The number of rotatable bonds is 6. The van der Waals surface area contributed by atoms with Crippen LogP contribution in [-0.4, -0.2) is 42.4 Å². The first-order valence-corrected chi connectivity index (χ1v) is 11.1. The van der Waals surface area contributed by atoms with E-state index in [1.165, 1.54) is 27.0 Å². The summed E-state index contributed by atoms with van der Waals surface area (Å²) in [6, 6.07) is 20.2. The van der Waals surface area contributed by atoms with E-state index in [0.717, 1.165) is 11.4 Å². The maximum Gasteiger partial charge on any atom is 0.232 e. The Balaban J connectivity index is 2.01. The van der Waals surface area contributed by atoms with Crippen molar-refractivity contribution < 1.29 is 8.42 Å². The molecule has 0 saturated heterocycles. The first kappa shape index (κ1) is 20.0. The number of benzene rings is 3. The van der Waals surface area contributed by atoms with E-state index in [-0.39, 0.29) is 0 Å². The SMILES string of the molecule is CCN(c1ccc(N(C)c2ccc(N(C)C)c3ccccc23)cc1)S(C)(=O)=O. The van der Waals surface area contributed by atoms with Gasteiger partial charge in [-0.3, -0.25) is 4.31 Å². The van der Waals surface area contributed by atoms with Crippen molar-refractivity contribution in [3.8, 4) is 0 Å². The Bertz CT molecular complexity index is 1080. The van der Waals surface area contributed by atoms with Crippen LogP contribution in [0.1, 0.15) is 6.92 Å². The first-order chi connectivity index (χ1) is 13.2. The van der Waals surface area contributed by atoms with Gasteiger partial charge in [0.15, 0.2) is 0 Å². The fourth-order valence-corrected chi connectivity index (χ4v) is 4.51. The Hall–Kier alpha value is -2.73. The molecule has 3 aromatic rings. The molecule has 0 radical (unpaired) electrons. The number of anilines is 4. The van der Waals surface area contributed by atoms with Gasteiger partial charge >= 0.3 is 0 Å². The molecule has 28 heavy (non-hydrogen) atoms. The molecule has 0 bridgehead atoms. The third kappa shape index (κ3) is 3.78. The van der Waals surface area contributed by atoms with Gasteiger partial charge < -0.3 is 9.80 Å². The van der Waals surface area contributed by atoms with E-state index in [1.807, 2.05) is 58.4 Å². The molecule has 0 spiro atoms. The Morgan fingerprint density at radius 2 is 1.25 bits per heavy atom. The van der Waals surface area contributed by atoms with Gasteiger partial charge in [-0.2, -0.15) is 0 Å². The molecule has 0 aromatic heterocycles. The van der Waals surface area contributed by atoms with Crippen molar-refractivity contribution in [2.24, 2.45) is 0 Å². The molecular weight excluding hydrogens is 370 g/mol. The van der Waals surface area contributed by atoms with Crippen LogP contribution in [0.5, 0.6) is 0 Å². The van der Waals surface area contributed by atoms with Crippen LogP contribution in [0.4, 0.5) is 22.7 Å². The summed E-state index contributed by atoms with van der Waals surface area (Å²) in [6.45, 7) is 2.24. The quantitative estimate of drug-likeness (QED) is 0.616. The van der Waals surface area contributed by atoms with E-state index in [4.69, 9.17) is 0 Å². The molecule has 0 saturated carbocycles. The standard InChI is InChI=1S/C22H27N3O2S/c1-6-25(28(5,26)27)18-13-11-17(12-14-18)24(4)22-16-15-21(23(2)3)19-9-7-8-10-20(19)22/h7-16H,6H2,1-5H3. The van der Waals surface area contributed by atoms with Crippen molar-refractivity contribution in [2.75, 3.05) is 48.0 Å². The minimum Gasteiger partial charge on any atom is -0.377 e. The number of hydrogen-bond donors (Lipinski definition) is 0. The zero-order valence-corrected chi connectivity index (χ0v) is 17.9. The topological polar surface area (TPSA) is 43.9 Å². The predicted octanol–water partition coefficient (Wildman–Crippen LogP) is 4.46. The minimum atomic E-state index is -3.28. The Morgan fingerprint density at radius 3 is 1.75 bits per heavy atom. The molecule has 0 atom stereocenters. The fraction of sp³-hybridized carbons (Fsp3) is 0.273. The number of fused-ring (bicyclic) bond motifs is 1. The van der Waals surface area contributed by atoms with E-state index in [0.29, 0.717) is 12.2 Å². The fourth-order valence-electron chi connectivity index (χ4n) is 3.54.